The minimum Gasteiger partial charge on any atom is -0.384 e. The van der Waals surface area contributed by atoms with Crippen LogP contribution in [0.3, 0.4) is 0 Å². The molecule has 0 radical (unpaired) electrons. The first kappa shape index (κ1) is 17.9. The van der Waals surface area contributed by atoms with Crippen molar-refractivity contribution >= 4 is 11.8 Å². The summed E-state index contributed by atoms with van der Waals surface area (Å²) in [6, 6.07) is 6.38. The molecule has 0 bridgehead atoms. The molecule has 0 saturated carbocycles. The van der Waals surface area contributed by atoms with E-state index in [2.05, 4.69) is 0 Å². The Morgan fingerprint density at radius 2 is 2.16 bits per heavy atom. The largest absolute Gasteiger partial charge is 0.384 e. The van der Waals surface area contributed by atoms with Crippen LogP contribution in [0.25, 0.3) is 0 Å². The monoisotopic (exact) mass is 348 g/mol. The SMILES string of the molecule is COCCC(=O)N1CCCC2(CCN(Cc3cccc(F)c3)C2=O)C1. The van der Waals surface area contributed by atoms with Gasteiger partial charge in [0.1, 0.15) is 5.82 Å². The zero-order chi connectivity index (χ0) is 17.9. The summed E-state index contributed by atoms with van der Waals surface area (Å²) in [6.07, 6.45) is 2.78. The van der Waals surface area contributed by atoms with Gasteiger partial charge < -0.3 is 14.5 Å². The second kappa shape index (κ2) is 7.52. The van der Waals surface area contributed by atoms with Crippen LogP contribution in [0.5, 0.6) is 0 Å². The fourth-order valence-electron chi connectivity index (χ4n) is 3.97. The molecule has 2 heterocycles. The summed E-state index contributed by atoms with van der Waals surface area (Å²) in [5.41, 5.74) is 0.336. The maximum Gasteiger partial charge on any atom is 0.230 e. The molecule has 5 nitrogen and oxygen atoms in total. The molecule has 2 aliphatic heterocycles. The van der Waals surface area contributed by atoms with Crippen molar-refractivity contribution in [3.05, 3.63) is 35.6 Å². The summed E-state index contributed by atoms with van der Waals surface area (Å²) < 4.78 is 18.4. The normalized spacial score (nSPS) is 23.5. The molecule has 1 aromatic carbocycles. The standard InChI is InChI=1S/C19H25FN2O3/c1-25-11-6-17(23)22-9-3-7-19(14-22)8-10-21(18(19)24)13-15-4-2-5-16(20)12-15/h2,4-5,12H,3,6-11,13-14H2,1H3. The predicted octanol–water partition coefficient (Wildman–Crippen LogP) is 2.20. The van der Waals surface area contributed by atoms with Crippen molar-refractivity contribution in [2.75, 3.05) is 33.4 Å². The molecule has 2 amide bonds. The fraction of sp³-hybridized carbons (Fsp3) is 0.579. The van der Waals surface area contributed by atoms with Crippen LogP contribution in [0, 0.1) is 11.2 Å². The van der Waals surface area contributed by atoms with Gasteiger partial charge in [-0.1, -0.05) is 12.1 Å². The lowest BCUT2D eigenvalue weighted by atomic mass is 9.78. The van der Waals surface area contributed by atoms with E-state index in [1.165, 1.54) is 12.1 Å². The molecular weight excluding hydrogens is 323 g/mol. The number of likely N-dealkylation sites (tertiary alicyclic amines) is 2. The Morgan fingerprint density at radius 3 is 2.92 bits per heavy atom. The van der Waals surface area contributed by atoms with Gasteiger partial charge in [-0.05, 0) is 37.0 Å². The Bertz CT molecular complexity index is 651. The van der Waals surface area contributed by atoms with Crippen LogP contribution in [0.15, 0.2) is 24.3 Å². The molecule has 1 spiro atoms. The fourth-order valence-corrected chi connectivity index (χ4v) is 3.97. The second-order valence-corrected chi connectivity index (χ2v) is 7.05. The van der Waals surface area contributed by atoms with E-state index in [1.54, 1.807) is 18.1 Å². The van der Waals surface area contributed by atoms with Gasteiger partial charge >= 0.3 is 0 Å². The van der Waals surface area contributed by atoms with Crippen LogP contribution in [0.1, 0.15) is 31.2 Å². The molecule has 0 N–H and O–H groups in total. The van der Waals surface area contributed by atoms with Crippen molar-refractivity contribution in [3.63, 3.8) is 0 Å². The minimum atomic E-state index is -0.464. The average molecular weight is 348 g/mol. The summed E-state index contributed by atoms with van der Waals surface area (Å²) in [5, 5.41) is 0. The molecule has 6 heteroatoms. The van der Waals surface area contributed by atoms with E-state index in [-0.39, 0.29) is 17.6 Å². The topological polar surface area (TPSA) is 49.9 Å². The molecule has 1 aromatic rings. The molecule has 1 unspecified atom stereocenters. The van der Waals surface area contributed by atoms with Gasteiger partial charge in [-0.2, -0.15) is 0 Å². The number of hydrogen-bond acceptors (Lipinski definition) is 3. The lowest BCUT2D eigenvalue weighted by Gasteiger charge is -2.39. The first-order valence-electron chi connectivity index (χ1n) is 8.85. The highest BCUT2D eigenvalue weighted by Gasteiger charge is 2.49. The quantitative estimate of drug-likeness (QED) is 0.820. The van der Waals surface area contributed by atoms with Gasteiger partial charge in [-0.3, -0.25) is 9.59 Å². The summed E-state index contributed by atoms with van der Waals surface area (Å²) in [5.74, 6) is -0.134. The third-order valence-corrected chi connectivity index (χ3v) is 5.31. The van der Waals surface area contributed by atoms with E-state index in [0.29, 0.717) is 39.2 Å². The molecule has 1 atom stereocenters. The number of carbonyl (C=O) groups is 2. The zero-order valence-corrected chi connectivity index (χ0v) is 14.7. The molecular formula is C19H25FN2O3. The van der Waals surface area contributed by atoms with E-state index < -0.39 is 5.41 Å². The van der Waals surface area contributed by atoms with Gasteiger partial charge in [0.2, 0.25) is 11.8 Å². The maximum absolute atomic E-state index is 13.4. The number of methoxy groups -OCH3 is 1. The highest BCUT2D eigenvalue weighted by Crippen LogP contribution is 2.40. The molecule has 136 valence electrons. The minimum absolute atomic E-state index is 0.0531. The highest BCUT2D eigenvalue weighted by atomic mass is 19.1. The maximum atomic E-state index is 13.4. The van der Waals surface area contributed by atoms with E-state index >= 15 is 0 Å². The number of halogens is 1. The second-order valence-electron chi connectivity index (χ2n) is 7.05. The number of carbonyl (C=O) groups excluding carboxylic acids is 2. The number of amides is 2. The summed E-state index contributed by atoms with van der Waals surface area (Å²) in [7, 11) is 1.58. The zero-order valence-electron chi connectivity index (χ0n) is 14.7. The summed E-state index contributed by atoms with van der Waals surface area (Å²) in [6.45, 7) is 2.70. The third kappa shape index (κ3) is 3.84. The Balaban J connectivity index is 1.66. The Morgan fingerprint density at radius 1 is 1.32 bits per heavy atom. The lowest BCUT2D eigenvalue weighted by Crippen LogP contribution is -2.49. The van der Waals surface area contributed by atoms with Crippen LogP contribution in [-0.4, -0.2) is 55.0 Å². The van der Waals surface area contributed by atoms with E-state index in [0.717, 1.165) is 24.8 Å². The number of benzene rings is 1. The summed E-state index contributed by atoms with van der Waals surface area (Å²) in [4.78, 5) is 28.9. The molecule has 0 aliphatic carbocycles. The first-order valence-corrected chi connectivity index (χ1v) is 8.85. The van der Waals surface area contributed by atoms with Crippen molar-refractivity contribution in [1.29, 1.82) is 0 Å². The van der Waals surface area contributed by atoms with Gasteiger partial charge in [-0.15, -0.1) is 0 Å². The number of hydrogen-bond donors (Lipinski definition) is 0. The van der Waals surface area contributed by atoms with Gasteiger partial charge in [0.25, 0.3) is 0 Å². The van der Waals surface area contributed by atoms with Crippen molar-refractivity contribution in [1.82, 2.24) is 9.80 Å². The Kier molecular flexibility index (Phi) is 5.37. The molecule has 3 rings (SSSR count). The Labute approximate surface area is 147 Å². The van der Waals surface area contributed by atoms with Gasteiger partial charge in [-0.25, -0.2) is 4.39 Å². The third-order valence-electron chi connectivity index (χ3n) is 5.31. The van der Waals surface area contributed by atoms with Gasteiger partial charge in [0.05, 0.1) is 18.4 Å². The van der Waals surface area contributed by atoms with Crippen LogP contribution in [0.4, 0.5) is 4.39 Å². The van der Waals surface area contributed by atoms with Crippen LogP contribution in [-0.2, 0) is 20.9 Å². The van der Waals surface area contributed by atoms with E-state index in [1.807, 2.05) is 11.0 Å². The van der Waals surface area contributed by atoms with Crippen molar-refractivity contribution in [2.24, 2.45) is 5.41 Å². The average Bonchev–Trinajstić information content (AvgIpc) is 2.89. The van der Waals surface area contributed by atoms with E-state index in [4.69, 9.17) is 4.74 Å². The van der Waals surface area contributed by atoms with Gasteiger partial charge in [0, 0.05) is 33.3 Å². The highest BCUT2D eigenvalue weighted by molar-refractivity contribution is 5.86. The van der Waals surface area contributed by atoms with Crippen molar-refractivity contribution < 1.29 is 18.7 Å². The number of ether oxygens (including phenoxy) is 1. The van der Waals surface area contributed by atoms with Crippen molar-refractivity contribution in [3.8, 4) is 0 Å². The first-order chi connectivity index (χ1) is 12.0. The van der Waals surface area contributed by atoms with Gasteiger partial charge in [0.15, 0.2) is 0 Å². The van der Waals surface area contributed by atoms with E-state index in [9.17, 15) is 14.0 Å². The number of rotatable bonds is 5. The summed E-state index contributed by atoms with van der Waals surface area (Å²) >= 11 is 0. The number of piperidine rings is 1. The van der Waals surface area contributed by atoms with Crippen LogP contribution >= 0.6 is 0 Å². The lowest BCUT2D eigenvalue weighted by molar-refractivity contribution is -0.144. The smallest absolute Gasteiger partial charge is 0.230 e. The van der Waals surface area contributed by atoms with Crippen molar-refractivity contribution in [2.45, 2.75) is 32.2 Å². The van der Waals surface area contributed by atoms with Crippen LogP contribution in [0.2, 0.25) is 0 Å². The molecule has 2 aliphatic rings. The molecule has 2 fully saturated rings. The van der Waals surface area contributed by atoms with Crippen LogP contribution < -0.4 is 0 Å². The predicted molar refractivity (Wildman–Crippen MR) is 91.2 cm³/mol. The molecule has 0 aromatic heterocycles. The molecule has 2 saturated heterocycles. The molecule has 25 heavy (non-hydrogen) atoms. The number of nitrogens with zero attached hydrogens (tertiary/aromatic N) is 2. The Hall–Kier alpha value is -1.95.